The Labute approximate surface area is 64.2 Å². The van der Waals surface area contributed by atoms with Gasteiger partial charge in [0.25, 0.3) is 5.91 Å². The van der Waals surface area contributed by atoms with E-state index >= 15 is 0 Å². The van der Waals surface area contributed by atoms with E-state index in [9.17, 15) is 4.79 Å². The fourth-order valence-corrected chi connectivity index (χ4v) is 0.807. The standard InChI is InChI=1S/C6H10N4O/c1-10(2)6-4(5(7)11)8-3-9-6/h3H,1-2H3,(H2,7,11)(H,8,9). The summed E-state index contributed by atoms with van der Waals surface area (Å²) >= 11 is 0. The van der Waals surface area contributed by atoms with Gasteiger partial charge in [-0.3, -0.25) is 4.79 Å². The molecule has 0 aliphatic rings. The highest BCUT2D eigenvalue weighted by Gasteiger charge is 2.11. The summed E-state index contributed by atoms with van der Waals surface area (Å²) in [6.07, 6.45) is 1.44. The number of H-pyrrole nitrogens is 1. The Balaban J connectivity index is 3.06. The maximum atomic E-state index is 10.7. The molecule has 60 valence electrons. The third-order valence-electron chi connectivity index (χ3n) is 1.29. The second-order valence-electron chi connectivity index (χ2n) is 2.36. The lowest BCUT2D eigenvalue weighted by Crippen LogP contribution is -2.18. The summed E-state index contributed by atoms with van der Waals surface area (Å²) in [7, 11) is 3.59. The number of primary amides is 1. The van der Waals surface area contributed by atoms with Crippen molar-refractivity contribution in [1.82, 2.24) is 9.97 Å². The normalized spacial score (nSPS) is 9.64. The van der Waals surface area contributed by atoms with Crippen molar-refractivity contribution in [1.29, 1.82) is 0 Å². The number of carbonyl (C=O) groups is 1. The maximum Gasteiger partial charge on any atom is 0.269 e. The van der Waals surface area contributed by atoms with Crippen LogP contribution in [0.25, 0.3) is 0 Å². The van der Waals surface area contributed by atoms with Gasteiger partial charge in [-0.15, -0.1) is 0 Å². The average molecular weight is 154 g/mol. The minimum absolute atomic E-state index is 0.343. The quantitative estimate of drug-likeness (QED) is 0.607. The van der Waals surface area contributed by atoms with Crippen LogP contribution in [0.4, 0.5) is 5.82 Å². The van der Waals surface area contributed by atoms with E-state index in [0.29, 0.717) is 11.5 Å². The van der Waals surface area contributed by atoms with E-state index in [1.54, 1.807) is 19.0 Å². The number of aromatic amines is 1. The molecule has 1 amide bonds. The predicted molar refractivity (Wildman–Crippen MR) is 41.4 cm³/mol. The summed E-state index contributed by atoms with van der Waals surface area (Å²) in [6.45, 7) is 0. The molecule has 3 N–H and O–H groups in total. The smallest absolute Gasteiger partial charge is 0.269 e. The number of imidazole rings is 1. The number of rotatable bonds is 2. The van der Waals surface area contributed by atoms with Crippen molar-refractivity contribution in [2.45, 2.75) is 0 Å². The Bertz CT molecular complexity index is 265. The van der Waals surface area contributed by atoms with E-state index in [-0.39, 0.29) is 0 Å². The summed E-state index contributed by atoms with van der Waals surface area (Å²) in [4.78, 5) is 19.0. The first-order valence-electron chi connectivity index (χ1n) is 3.13. The van der Waals surface area contributed by atoms with Crippen LogP contribution in [0, 0.1) is 0 Å². The van der Waals surface area contributed by atoms with Crippen molar-refractivity contribution in [2.24, 2.45) is 5.73 Å². The number of aromatic nitrogens is 2. The van der Waals surface area contributed by atoms with Crippen molar-refractivity contribution in [3.63, 3.8) is 0 Å². The lowest BCUT2D eigenvalue weighted by atomic mass is 10.4. The van der Waals surface area contributed by atoms with Crippen LogP contribution in [0.2, 0.25) is 0 Å². The number of nitrogens with two attached hydrogens (primary N) is 1. The predicted octanol–water partition coefficient (Wildman–Crippen LogP) is -0.425. The SMILES string of the molecule is CN(C)c1nc[nH]c1C(N)=O. The zero-order valence-electron chi connectivity index (χ0n) is 6.46. The van der Waals surface area contributed by atoms with Gasteiger partial charge in [0.05, 0.1) is 6.33 Å². The first kappa shape index (κ1) is 7.59. The van der Waals surface area contributed by atoms with Crippen LogP contribution in [0.3, 0.4) is 0 Å². The van der Waals surface area contributed by atoms with E-state index in [1.807, 2.05) is 0 Å². The molecule has 5 nitrogen and oxygen atoms in total. The van der Waals surface area contributed by atoms with Crippen LogP contribution in [0.5, 0.6) is 0 Å². The molecule has 0 aromatic carbocycles. The molecule has 0 unspecified atom stereocenters. The molecule has 1 aromatic rings. The van der Waals surface area contributed by atoms with Crippen molar-refractivity contribution >= 4 is 11.7 Å². The molecule has 1 aromatic heterocycles. The highest BCUT2D eigenvalue weighted by atomic mass is 16.1. The zero-order chi connectivity index (χ0) is 8.43. The molecule has 0 spiro atoms. The van der Waals surface area contributed by atoms with Crippen LogP contribution in [-0.4, -0.2) is 30.0 Å². The molecule has 0 bridgehead atoms. The fourth-order valence-electron chi connectivity index (χ4n) is 0.807. The third-order valence-corrected chi connectivity index (χ3v) is 1.29. The average Bonchev–Trinajstić information content (AvgIpc) is 2.32. The second-order valence-corrected chi connectivity index (χ2v) is 2.36. The number of carbonyl (C=O) groups excluding carboxylic acids is 1. The van der Waals surface area contributed by atoms with Crippen molar-refractivity contribution in [2.75, 3.05) is 19.0 Å². The molecule has 0 saturated heterocycles. The van der Waals surface area contributed by atoms with Gasteiger partial charge in [-0.25, -0.2) is 4.98 Å². The van der Waals surface area contributed by atoms with Crippen LogP contribution in [0.15, 0.2) is 6.33 Å². The number of hydrogen-bond donors (Lipinski definition) is 2. The first-order chi connectivity index (χ1) is 5.13. The summed E-state index contributed by atoms with van der Waals surface area (Å²) < 4.78 is 0. The number of anilines is 1. The van der Waals surface area contributed by atoms with Gasteiger partial charge in [0.1, 0.15) is 5.69 Å². The Kier molecular flexibility index (Phi) is 1.80. The summed E-state index contributed by atoms with van der Waals surface area (Å²) in [5.74, 6) is 0.0729. The number of amides is 1. The highest BCUT2D eigenvalue weighted by Crippen LogP contribution is 2.10. The highest BCUT2D eigenvalue weighted by molar-refractivity contribution is 5.95. The van der Waals surface area contributed by atoms with Crippen LogP contribution >= 0.6 is 0 Å². The van der Waals surface area contributed by atoms with Gasteiger partial charge in [-0.1, -0.05) is 0 Å². The molecule has 5 heteroatoms. The molecule has 0 atom stereocenters. The van der Waals surface area contributed by atoms with Crippen LogP contribution in [-0.2, 0) is 0 Å². The Morgan fingerprint density at radius 3 is 2.73 bits per heavy atom. The lowest BCUT2D eigenvalue weighted by Gasteiger charge is -2.08. The third kappa shape index (κ3) is 1.31. The summed E-state index contributed by atoms with van der Waals surface area (Å²) in [5, 5.41) is 0. The molecule has 0 saturated carbocycles. The molecular weight excluding hydrogens is 144 g/mol. The van der Waals surface area contributed by atoms with Gasteiger partial charge < -0.3 is 15.6 Å². The molecule has 1 heterocycles. The van der Waals surface area contributed by atoms with Gasteiger partial charge in [-0.2, -0.15) is 0 Å². The van der Waals surface area contributed by atoms with Crippen molar-refractivity contribution in [3.05, 3.63) is 12.0 Å². The molecule has 0 aliphatic carbocycles. The Hall–Kier alpha value is -1.52. The molecule has 11 heavy (non-hydrogen) atoms. The number of nitrogens with zero attached hydrogens (tertiary/aromatic N) is 2. The minimum atomic E-state index is -0.494. The van der Waals surface area contributed by atoms with Gasteiger partial charge in [0.2, 0.25) is 0 Å². The van der Waals surface area contributed by atoms with Gasteiger partial charge in [0, 0.05) is 14.1 Å². The number of hydrogen-bond acceptors (Lipinski definition) is 3. The summed E-state index contributed by atoms with van der Waals surface area (Å²) in [5.41, 5.74) is 5.40. The van der Waals surface area contributed by atoms with Crippen LogP contribution < -0.4 is 10.6 Å². The Morgan fingerprint density at radius 2 is 2.36 bits per heavy atom. The van der Waals surface area contributed by atoms with Crippen molar-refractivity contribution < 1.29 is 4.79 Å². The van der Waals surface area contributed by atoms with Gasteiger partial charge in [0.15, 0.2) is 5.82 Å². The molecule has 0 fully saturated rings. The first-order valence-corrected chi connectivity index (χ1v) is 3.13. The molecule has 1 rings (SSSR count). The largest absolute Gasteiger partial charge is 0.364 e. The Morgan fingerprint density at radius 1 is 1.73 bits per heavy atom. The zero-order valence-corrected chi connectivity index (χ0v) is 6.46. The van der Waals surface area contributed by atoms with Gasteiger partial charge in [-0.05, 0) is 0 Å². The molecule has 0 radical (unpaired) electrons. The van der Waals surface area contributed by atoms with E-state index < -0.39 is 5.91 Å². The molecular formula is C6H10N4O. The number of nitrogens with one attached hydrogen (secondary N) is 1. The van der Waals surface area contributed by atoms with E-state index in [0.717, 1.165) is 0 Å². The maximum absolute atomic E-state index is 10.7. The van der Waals surface area contributed by atoms with E-state index in [1.165, 1.54) is 6.33 Å². The molecule has 0 aliphatic heterocycles. The topological polar surface area (TPSA) is 75.0 Å². The van der Waals surface area contributed by atoms with E-state index in [4.69, 9.17) is 5.73 Å². The lowest BCUT2D eigenvalue weighted by molar-refractivity contribution is 0.0996. The summed E-state index contributed by atoms with van der Waals surface area (Å²) in [6, 6.07) is 0. The monoisotopic (exact) mass is 154 g/mol. The van der Waals surface area contributed by atoms with Gasteiger partial charge >= 0.3 is 0 Å². The van der Waals surface area contributed by atoms with Crippen LogP contribution in [0.1, 0.15) is 10.5 Å². The fraction of sp³-hybridized carbons (Fsp3) is 0.333. The van der Waals surface area contributed by atoms with E-state index in [2.05, 4.69) is 9.97 Å². The second kappa shape index (κ2) is 2.61. The van der Waals surface area contributed by atoms with Crippen molar-refractivity contribution in [3.8, 4) is 0 Å². The minimum Gasteiger partial charge on any atom is -0.364 e.